The predicted molar refractivity (Wildman–Crippen MR) is 528 cm³/mol. The second kappa shape index (κ2) is 48.3. The fraction of sp³-hybridized carbons (Fsp3) is 0.333. The Labute approximate surface area is 839 Å². The van der Waals surface area contributed by atoms with E-state index in [2.05, 4.69) is 57.6 Å². The SMILES string of the molecule is C=CC(=O)NC1CCOCC1Cc1ccc2c(n1)C=C(C(=O)c1c(Cl)c(OC)cc(OC)c1Cl)C2.C=CC(=O)NC1CCOCC1Cc1ccc2c(n1)C=C(C(=O)c1c(F)c(OC)cc(OC)c1F)C2.C=CC(=O)NC1CCOCC1Cc1ccc2oc(C(=O)c3c(Cl)c(OC)cc(OC)c3Cl)cc2n1.C=CC(=O)NC1CCOCC1Cc1ccc2sc(C(=O)c3c(Cl)c(OC)cc(OC)c3Cl)cc2n1. The number of hydrogen-bond acceptors (Lipinski definition) is 26. The molecular weight excluding hydrogens is 1960 g/mol. The van der Waals surface area contributed by atoms with E-state index >= 15 is 0 Å². The molecule has 0 radical (unpaired) electrons. The van der Waals surface area contributed by atoms with Crippen LogP contribution in [0.15, 0.2) is 151 Å². The Hall–Kier alpha value is -12.2. The van der Waals surface area contributed by atoms with E-state index in [0.29, 0.717) is 154 Å². The van der Waals surface area contributed by atoms with E-state index in [4.69, 9.17) is 141 Å². The number of ether oxygens (including phenoxy) is 12. The monoisotopic (exact) mass is 2050 g/mol. The van der Waals surface area contributed by atoms with Crippen LogP contribution in [0.5, 0.6) is 46.0 Å². The summed E-state index contributed by atoms with van der Waals surface area (Å²) in [7, 11) is 11.2. The maximum absolute atomic E-state index is 14.8. The highest BCUT2D eigenvalue weighted by molar-refractivity contribution is 7.21. The van der Waals surface area contributed by atoms with Crippen LogP contribution in [-0.4, -0.2) is 201 Å². The number of hydrogen-bond donors (Lipinski definition) is 4. The molecule has 29 nitrogen and oxygen atoms in total. The maximum atomic E-state index is 14.8. The van der Waals surface area contributed by atoms with Crippen molar-refractivity contribution in [2.45, 2.75) is 88.4 Å². The van der Waals surface area contributed by atoms with E-state index in [0.717, 1.165) is 63.2 Å². The number of amides is 4. The van der Waals surface area contributed by atoms with Crippen molar-refractivity contribution < 1.29 is 108 Å². The summed E-state index contributed by atoms with van der Waals surface area (Å²) in [6, 6.07) is 23.9. The lowest BCUT2D eigenvalue weighted by Gasteiger charge is -2.31. The number of benzene rings is 4. The predicted octanol–water partition coefficient (Wildman–Crippen LogP) is 17.7. The summed E-state index contributed by atoms with van der Waals surface area (Å²) in [5.41, 5.74) is 8.24. The molecule has 4 amide bonds. The van der Waals surface area contributed by atoms with E-state index in [1.54, 1.807) is 42.5 Å². The zero-order chi connectivity index (χ0) is 100. The number of thiophene rings is 1. The molecule has 736 valence electrons. The molecule has 10 aromatic rings. The number of methoxy groups -OCH3 is 8. The van der Waals surface area contributed by atoms with Crippen LogP contribution in [0.4, 0.5) is 8.78 Å². The Morgan fingerprint density at radius 1 is 0.386 bits per heavy atom. The van der Waals surface area contributed by atoms with Gasteiger partial charge in [-0.2, -0.15) is 0 Å². The minimum Gasteiger partial charge on any atom is -0.495 e. The second-order valence-corrected chi connectivity index (χ2v) is 36.4. The molecule has 16 rings (SSSR count). The lowest BCUT2D eigenvalue weighted by atomic mass is 9.90. The fourth-order valence-corrected chi connectivity index (χ4v) is 20.1. The molecule has 4 N–H and O–H groups in total. The Balaban J connectivity index is 0.000000157. The molecule has 4 fully saturated rings. The third-order valence-electron chi connectivity index (χ3n) is 24.5. The lowest BCUT2D eigenvalue weighted by molar-refractivity contribution is -0.119. The van der Waals surface area contributed by atoms with E-state index < -0.39 is 28.8 Å². The van der Waals surface area contributed by atoms with Crippen molar-refractivity contribution in [2.75, 3.05) is 110 Å². The smallest absolute Gasteiger partial charge is 0.243 e. The first-order valence-electron chi connectivity index (χ1n) is 44.2. The first-order chi connectivity index (χ1) is 67.4. The number of Topliss-reactive ketones (excluding diaryl/α,β-unsaturated/α-hetero) is 2. The molecule has 10 heterocycles. The fourth-order valence-electron chi connectivity index (χ4n) is 17.1. The largest absolute Gasteiger partial charge is 0.495 e. The van der Waals surface area contributed by atoms with Gasteiger partial charge in [0.1, 0.15) is 45.6 Å². The third-order valence-corrected chi connectivity index (χ3v) is 27.8. The van der Waals surface area contributed by atoms with Gasteiger partial charge >= 0.3 is 0 Å². The van der Waals surface area contributed by atoms with Gasteiger partial charge in [-0.15, -0.1) is 11.3 Å². The second-order valence-electron chi connectivity index (χ2n) is 33.0. The van der Waals surface area contributed by atoms with Crippen molar-refractivity contribution in [1.82, 2.24) is 41.2 Å². The number of nitrogens with zero attached hydrogens (tertiary/aromatic N) is 4. The van der Waals surface area contributed by atoms with Crippen LogP contribution in [0.2, 0.25) is 30.1 Å². The average molecular weight is 2060 g/mol. The van der Waals surface area contributed by atoms with Gasteiger partial charge in [0.25, 0.3) is 0 Å². The molecule has 0 spiro atoms. The Bertz CT molecular complexity index is 6050. The number of furan rings is 1. The van der Waals surface area contributed by atoms with Crippen LogP contribution in [0, 0.1) is 35.3 Å². The Morgan fingerprint density at radius 2 is 0.693 bits per heavy atom. The third kappa shape index (κ3) is 24.3. The number of nitrogens with one attached hydrogen (secondary N) is 4. The zero-order valence-corrected chi connectivity index (χ0v) is 82.9. The molecule has 4 saturated heterocycles. The molecule has 140 heavy (non-hydrogen) atoms. The molecule has 0 bridgehead atoms. The van der Waals surface area contributed by atoms with Crippen molar-refractivity contribution in [1.29, 1.82) is 0 Å². The minimum atomic E-state index is -1.08. The summed E-state index contributed by atoms with van der Waals surface area (Å²) in [5, 5.41) is 12.5. The first-order valence-corrected chi connectivity index (χ1v) is 47.3. The van der Waals surface area contributed by atoms with Gasteiger partial charge < -0.3 is 82.5 Å². The molecule has 6 aromatic heterocycles. The molecular formula is C102H100Cl6F2N8O21S. The number of fused-ring (bicyclic) bond motifs is 4. The molecule has 8 unspecified atom stereocenters. The van der Waals surface area contributed by atoms with Gasteiger partial charge in [0.15, 0.2) is 46.0 Å². The van der Waals surface area contributed by atoms with Crippen molar-refractivity contribution in [2.24, 2.45) is 23.7 Å². The van der Waals surface area contributed by atoms with E-state index in [1.165, 1.54) is 98.6 Å². The zero-order valence-electron chi connectivity index (χ0n) is 77.5. The standard InChI is InChI=1S/C26H26Cl2N2O5.C26H26F2N2O5.C25H24Cl2N2O6.C25H24Cl2N2O5S/c2*1-4-22(31)30-18-7-8-35-13-16(18)10-17-6-5-14-9-15(11-19(14)29-17)26(32)23-24(27)20(33-2)12-21(34-3)25(23)28;1-4-21(30)29-15-7-8-34-12-13(15)9-14-5-6-17-16(28-14)10-20(35-17)25(31)22-23(26)18(32-2)11-19(33-3)24(22)27;1-4-21(30)29-15-7-8-34-12-13(15)9-14-5-6-19-16(28-14)10-20(35-19)25(31)22-23(26)17(32-2)11-18(33-3)24(22)27/h2*4-6,11-12,16,18H,1,7-10,13H2,2-3H3,(H,30,31);2*4-6,10-11,13,15H,1,7-9,12H2,2-3H3,(H,29,30). The number of carbonyl (C=O) groups excluding carboxylic acids is 8. The minimum absolute atomic E-state index is 0.00990. The summed E-state index contributed by atoms with van der Waals surface area (Å²) in [4.78, 5) is 120. The summed E-state index contributed by atoms with van der Waals surface area (Å²) in [5.74, 6) is -3.52. The van der Waals surface area contributed by atoms with Crippen molar-refractivity contribution in [3.8, 4) is 46.0 Å². The molecule has 4 aromatic carbocycles. The van der Waals surface area contributed by atoms with E-state index in [-0.39, 0.29) is 171 Å². The highest BCUT2D eigenvalue weighted by Gasteiger charge is 2.38. The molecule has 6 aliphatic rings. The maximum Gasteiger partial charge on any atom is 0.243 e. The number of rotatable bonds is 32. The van der Waals surface area contributed by atoms with Crippen LogP contribution in [-0.2, 0) is 76.7 Å². The molecule has 8 atom stereocenters. The number of allylic oxidation sites excluding steroid dienone is 2. The van der Waals surface area contributed by atoms with Gasteiger partial charge in [0.05, 0.1) is 157 Å². The number of aromatic nitrogens is 4. The topological polar surface area (TPSA) is 360 Å². The summed E-state index contributed by atoms with van der Waals surface area (Å²) in [6.45, 7) is 18.5. The van der Waals surface area contributed by atoms with Crippen LogP contribution >= 0.6 is 80.9 Å². The van der Waals surface area contributed by atoms with Gasteiger partial charge in [-0.05, 0) is 141 Å². The molecule has 4 aliphatic heterocycles. The highest BCUT2D eigenvalue weighted by Crippen LogP contribution is 2.47. The molecule has 38 heteroatoms. The van der Waals surface area contributed by atoms with E-state index in [1.807, 2.05) is 42.5 Å². The van der Waals surface area contributed by atoms with Crippen LogP contribution < -0.4 is 59.2 Å². The number of ketones is 4. The number of pyridine rings is 4. The van der Waals surface area contributed by atoms with Crippen LogP contribution in [0.1, 0.15) is 123 Å². The molecule has 2 aliphatic carbocycles. The quantitative estimate of drug-likeness (QED) is 0.0225. The Morgan fingerprint density at radius 3 is 1.04 bits per heavy atom. The van der Waals surface area contributed by atoms with Gasteiger partial charge in [0.2, 0.25) is 35.2 Å². The van der Waals surface area contributed by atoms with E-state index in [9.17, 15) is 47.1 Å². The van der Waals surface area contributed by atoms with Crippen LogP contribution in [0.3, 0.4) is 0 Å². The highest BCUT2D eigenvalue weighted by atomic mass is 35.5. The summed E-state index contributed by atoms with van der Waals surface area (Å²) in [6.07, 6.45) is 14.3. The number of halogens is 8. The number of carbonyl (C=O) groups is 8. The average Bonchev–Trinajstić information content (AvgIpc) is 1.55. The normalized spacial score (nSPS) is 18.3. The first kappa shape index (κ1) is 105. The van der Waals surface area contributed by atoms with Gasteiger partial charge in [-0.1, -0.05) is 108 Å². The van der Waals surface area contributed by atoms with Gasteiger partial charge in [0, 0.05) is 151 Å². The van der Waals surface area contributed by atoms with Gasteiger partial charge in [-0.25, -0.2) is 13.8 Å². The van der Waals surface area contributed by atoms with Gasteiger partial charge in [-0.3, -0.25) is 53.3 Å². The molecule has 0 saturated carbocycles. The van der Waals surface area contributed by atoms with Crippen molar-refractivity contribution in [3.05, 3.63) is 267 Å². The Kier molecular flexibility index (Phi) is 36.3. The summed E-state index contributed by atoms with van der Waals surface area (Å²) < 4.78 is 100. The van der Waals surface area contributed by atoms with Crippen LogP contribution in [0.25, 0.3) is 33.5 Å². The van der Waals surface area contributed by atoms with Crippen molar-refractivity contribution in [3.63, 3.8) is 0 Å². The van der Waals surface area contributed by atoms with Crippen molar-refractivity contribution >= 4 is 161 Å². The lowest BCUT2D eigenvalue weighted by Crippen LogP contribution is -2.45. The summed E-state index contributed by atoms with van der Waals surface area (Å²) >= 11 is 39.8.